The van der Waals surface area contributed by atoms with Crippen LogP contribution in [0.25, 0.3) is 12.2 Å². The van der Waals surface area contributed by atoms with Crippen LogP contribution in [0.3, 0.4) is 0 Å². The Balaban J connectivity index is 1.76. The topological polar surface area (TPSA) is 171 Å². The monoisotopic (exact) mass is 498 g/mol. The van der Waals surface area contributed by atoms with E-state index in [0.29, 0.717) is 11.1 Å². The van der Waals surface area contributed by atoms with Gasteiger partial charge in [-0.25, -0.2) is 9.59 Å². The van der Waals surface area contributed by atoms with Crippen LogP contribution in [-0.2, 0) is 19.1 Å². The van der Waals surface area contributed by atoms with E-state index in [0.717, 1.165) is 12.2 Å². The van der Waals surface area contributed by atoms with Gasteiger partial charge in [-0.1, -0.05) is 24.3 Å². The first kappa shape index (κ1) is 26.5. The number of phenols is 2. The van der Waals surface area contributed by atoms with Crippen molar-refractivity contribution in [3.05, 3.63) is 65.7 Å². The third kappa shape index (κ3) is 6.29. The summed E-state index contributed by atoms with van der Waals surface area (Å²) >= 11 is 0. The van der Waals surface area contributed by atoms with Gasteiger partial charge in [0.2, 0.25) is 0 Å². The van der Waals surface area contributed by atoms with Gasteiger partial charge < -0.3 is 35.0 Å². The number of phenolic OH excluding ortho intramolecular Hbond substituents is 2. The normalized spacial score (nSPS) is 24.0. The molecular formula is C26H26O10. The Kier molecular flexibility index (Phi) is 8.13. The van der Waals surface area contributed by atoms with Gasteiger partial charge in [0.15, 0.2) is 22.9 Å². The summed E-state index contributed by atoms with van der Waals surface area (Å²) in [7, 11) is 1.36. The van der Waals surface area contributed by atoms with Crippen LogP contribution in [0.2, 0.25) is 0 Å². The smallest absolute Gasteiger partial charge is 0.335 e. The first-order valence-corrected chi connectivity index (χ1v) is 10.9. The van der Waals surface area contributed by atoms with E-state index in [2.05, 4.69) is 0 Å². The van der Waals surface area contributed by atoms with Crippen molar-refractivity contribution in [1.29, 1.82) is 0 Å². The number of hydrogen-bond acceptors (Lipinski definition) is 9. The summed E-state index contributed by atoms with van der Waals surface area (Å²) in [6, 6.07) is 10.3. The largest absolute Gasteiger partial charge is 0.508 e. The van der Waals surface area contributed by atoms with Crippen molar-refractivity contribution in [2.24, 2.45) is 5.92 Å². The molecule has 2 aromatic carbocycles. The van der Waals surface area contributed by atoms with Gasteiger partial charge in [0, 0.05) is 12.5 Å². The highest BCUT2D eigenvalue weighted by molar-refractivity contribution is 5.96. The zero-order valence-corrected chi connectivity index (χ0v) is 19.3. The second kappa shape index (κ2) is 11.1. The molecule has 0 amide bonds. The molecule has 1 fully saturated rings. The van der Waals surface area contributed by atoms with Crippen LogP contribution in [0, 0.1) is 5.92 Å². The number of methoxy groups -OCH3 is 1. The fourth-order valence-electron chi connectivity index (χ4n) is 3.87. The fourth-order valence-corrected chi connectivity index (χ4v) is 3.87. The van der Waals surface area contributed by atoms with E-state index >= 15 is 0 Å². The average Bonchev–Trinajstić information content (AvgIpc) is 2.85. The molecule has 3 rings (SSSR count). The number of benzene rings is 2. The number of allylic oxidation sites excluding steroid dienone is 1. The number of carboxylic acids is 1. The van der Waals surface area contributed by atoms with Gasteiger partial charge in [0.1, 0.15) is 18.0 Å². The molecule has 1 saturated carbocycles. The Morgan fingerprint density at radius 2 is 1.61 bits per heavy atom. The minimum atomic E-state index is -2.40. The number of carboxylic acid groups (broad SMARTS) is 1. The van der Waals surface area contributed by atoms with Gasteiger partial charge in [0.05, 0.1) is 13.0 Å². The van der Waals surface area contributed by atoms with Gasteiger partial charge in [-0.15, -0.1) is 0 Å². The summed E-state index contributed by atoms with van der Waals surface area (Å²) in [5.74, 6) is -4.43. The second-order valence-corrected chi connectivity index (χ2v) is 8.41. The quantitative estimate of drug-likeness (QED) is 0.267. The molecule has 1 aliphatic carbocycles. The highest BCUT2D eigenvalue weighted by atomic mass is 16.6. The van der Waals surface area contributed by atoms with Crippen molar-refractivity contribution in [3.8, 4) is 17.2 Å². The average molecular weight is 498 g/mol. The van der Waals surface area contributed by atoms with Gasteiger partial charge in [0.25, 0.3) is 0 Å². The van der Waals surface area contributed by atoms with Crippen LogP contribution >= 0.6 is 0 Å². The molecule has 10 heteroatoms. The molecule has 190 valence electrons. The van der Waals surface area contributed by atoms with Crippen LogP contribution in [0.4, 0.5) is 0 Å². The molecule has 0 aliphatic heterocycles. The van der Waals surface area contributed by atoms with Crippen LogP contribution in [0.15, 0.2) is 54.6 Å². The van der Waals surface area contributed by atoms with Crippen LogP contribution in [0.5, 0.6) is 17.2 Å². The minimum absolute atomic E-state index is 0.0379. The number of aromatic hydroxyl groups is 2. The predicted octanol–water partition coefficient (Wildman–Crippen LogP) is 1.90. The lowest BCUT2D eigenvalue weighted by atomic mass is 9.73. The maximum absolute atomic E-state index is 12.8. The molecule has 2 aromatic rings. The number of esters is 1. The van der Waals surface area contributed by atoms with Crippen molar-refractivity contribution < 1.29 is 49.4 Å². The van der Waals surface area contributed by atoms with E-state index in [9.17, 15) is 39.9 Å². The zero-order chi connectivity index (χ0) is 26.5. The maximum atomic E-state index is 12.8. The number of hydrogen-bond donors (Lipinski definition) is 5. The first-order valence-electron chi connectivity index (χ1n) is 10.9. The molecular weight excluding hydrogens is 472 g/mol. The third-order valence-electron chi connectivity index (χ3n) is 5.87. The summed E-state index contributed by atoms with van der Waals surface area (Å²) < 4.78 is 10.2. The molecule has 0 heterocycles. The van der Waals surface area contributed by atoms with Crippen LogP contribution < -0.4 is 4.74 Å². The van der Waals surface area contributed by atoms with E-state index < -0.39 is 54.3 Å². The van der Waals surface area contributed by atoms with Gasteiger partial charge in [-0.3, -0.25) is 4.79 Å². The zero-order valence-electron chi connectivity index (χ0n) is 19.3. The van der Waals surface area contributed by atoms with E-state index in [-0.39, 0.29) is 17.2 Å². The van der Waals surface area contributed by atoms with E-state index in [1.165, 1.54) is 49.6 Å². The van der Waals surface area contributed by atoms with E-state index in [4.69, 9.17) is 9.47 Å². The van der Waals surface area contributed by atoms with E-state index in [1.807, 2.05) is 0 Å². The number of rotatable bonds is 8. The highest BCUT2D eigenvalue weighted by Crippen LogP contribution is 2.36. The van der Waals surface area contributed by atoms with Crippen molar-refractivity contribution in [2.45, 2.75) is 30.7 Å². The minimum Gasteiger partial charge on any atom is -0.508 e. The molecule has 0 aromatic heterocycles. The Morgan fingerprint density at radius 1 is 0.972 bits per heavy atom. The van der Waals surface area contributed by atoms with Crippen molar-refractivity contribution >= 4 is 29.9 Å². The lowest BCUT2D eigenvalue weighted by molar-refractivity contribution is -0.188. The summed E-state index contributed by atoms with van der Waals surface area (Å²) in [5.41, 5.74) is -1.34. The number of aliphatic carboxylic acids is 1. The third-order valence-corrected chi connectivity index (χ3v) is 5.87. The number of aliphatic hydroxyl groups excluding tert-OH is 1. The Morgan fingerprint density at radius 3 is 2.25 bits per heavy atom. The van der Waals surface area contributed by atoms with E-state index in [1.54, 1.807) is 12.1 Å². The molecule has 0 spiro atoms. The summed E-state index contributed by atoms with van der Waals surface area (Å²) in [4.78, 5) is 36.9. The molecule has 4 atom stereocenters. The molecule has 5 N–H and O–H groups in total. The number of aliphatic hydroxyl groups is 2. The molecule has 10 nitrogen and oxygen atoms in total. The Bertz CT molecular complexity index is 1180. The molecule has 1 aliphatic rings. The lowest BCUT2D eigenvalue weighted by Gasteiger charge is -2.40. The molecule has 0 unspecified atom stereocenters. The van der Waals surface area contributed by atoms with Crippen molar-refractivity contribution in [2.75, 3.05) is 7.11 Å². The highest BCUT2D eigenvalue weighted by Gasteiger charge is 2.52. The predicted molar refractivity (Wildman–Crippen MR) is 127 cm³/mol. The molecule has 36 heavy (non-hydrogen) atoms. The van der Waals surface area contributed by atoms with Crippen molar-refractivity contribution in [3.63, 3.8) is 0 Å². The Hall–Kier alpha value is -4.15. The molecule has 0 radical (unpaired) electrons. The second-order valence-electron chi connectivity index (χ2n) is 8.41. The van der Waals surface area contributed by atoms with Crippen molar-refractivity contribution in [1.82, 2.24) is 0 Å². The SMILES string of the molecule is COc1cc(/C=C/C(=O)O[C@H]2C[C@@](O)(C(=O)O)C[C@H](C(=O)/C=C/c3ccc(O)cc3)[C@@H]2O)ccc1O. The van der Waals surface area contributed by atoms with Gasteiger partial charge in [-0.05, 0) is 54.0 Å². The number of carbonyl (C=O) groups excluding carboxylic acids is 2. The first-order chi connectivity index (χ1) is 17.0. The number of carbonyl (C=O) groups is 3. The summed E-state index contributed by atoms with van der Waals surface area (Å²) in [6.07, 6.45) is 0.709. The van der Waals surface area contributed by atoms with Crippen LogP contribution in [0.1, 0.15) is 24.0 Å². The molecule has 0 bridgehead atoms. The fraction of sp³-hybridized carbons (Fsp3) is 0.269. The Labute approximate surface area is 206 Å². The lowest BCUT2D eigenvalue weighted by Crippen LogP contribution is -2.56. The van der Waals surface area contributed by atoms with Crippen LogP contribution in [-0.4, -0.2) is 68.2 Å². The summed E-state index contributed by atoms with van der Waals surface area (Å²) in [5, 5.41) is 49.9. The number of ether oxygens (including phenoxy) is 2. The van der Waals surface area contributed by atoms with Gasteiger partial charge >= 0.3 is 11.9 Å². The standard InChI is InChI=1S/C26H26O10/c1-35-21-12-16(5-10-20(21)29)6-11-23(30)36-22-14-26(34,25(32)33)13-18(24(22)31)19(28)9-4-15-2-7-17(27)8-3-15/h2-12,18,22,24,27,29,31,34H,13-14H2,1H3,(H,32,33)/b9-4+,11-6+/t18-,22+,24+,26-/m1/s1. The molecule has 0 saturated heterocycles. The number of ketones is 1. The van der Waals surface area contributed by atoms with Gasteiger partial charge in [-0.2, -0.15) is 0 Å². The summed E-state index contributed by atoms with van der Waals surface area (Å²) in [6.45, 7) is 0. The maximum Gasteiger partial charge on any atom is 0.335 e.